The molecule has 0 saturated carbocycles. The zero-order chi connectivity index (χ0) is 17.9. The van der Waals surface area contributed by atoms with Gasteiger partial charge in [-0.25, -0.2) is 9.97 Å². The van der Waals surface area contributed by atoms with Crippen molar-refractivity contribution < 1.29 is 4.79 Å². The molecule has 0 fully saturated rings. The molecule has 3 aromatic heterocycles. The van der Waals surface area contributed by atoms with Crippen molar-refractivity contribution in [3.63, 3.8) is 0 Å². The van der Waals surface area contributed by atoms with Gasteiger partial charge >= 0.3 is 0 Å². The van der Waals surface area contributed by atoms with Crippen molar-refractivity contribution >= 4 is 5.91 Å². The summed E-state index contributed by atoms with van der Waals surface area (Å²) in [5.41, 5.74) is 3.43. The first-order chi connectivity index (χ1) is 12.7. The first-order valence-electron chi connectivity index (χ1n) is 8.39. The number of carbonyl (C=O) groups is 1. The van der Waals surface area contributed by atoms with Crippen LogP contribution in [0.15, 0.2) is 60.0 Å². The normalized spacial score (nSPS) is 13.3. The molecule has 0 unspecified atom stereocenters. The molecule has 1 aliphatic rings. The number of pyridine rings is 2. The van der Waals surface area contributed by atoms with Gasteiger partial charge in [0.2, 0.25) is 5.91 Å². The van der Waals surface area contributed by atoms with E-state index in [4.69, 9.17) is 0 Å². The monoisotopic (exact) mass is 347 g/mol. The minimum atomic E-state index is -0.183. The lowest BCUT2D eigenvalue weighted by Crippen LogP contribution is -2.40. The molecule has 3 aromatic rings. The topological polar surface area (TPSA) is 81.0 Å². The maximum Gasteiger partial charge on any atom is 0.250 e. The lowest BCUT2D eigenvalue weighted by molar-refractivity contribution is -0.132. The van der Waals surface area contributed by atoms with Gasteiger partial charge < -0.3 is 9.47 Å². The third kappa shape index (κ3) is 3.11. The fraction of sp³-hybridized carbons (Fsp3) is 0.211. The number of nitrogens with zero attached hydrogens (tertiary/aromatic N) is 5. The minimum absolute atomic E-state index is 0.0327. The van der Waals surface area contributed by atoms with E-state index in [0.29, 0.717) is 19.5 Å². The third-order valence-corrected chi connectivity index (χ3v) is 4.49. The summed E-state index contributed by atoms with van der Waals surface area (Å²) in [5, 5.41) is 0. The Kier molecular flexibility index (Phi) is 4.27. The fourth-order valence-electron chi connectivity index (χ4n) is 3.14. The van der Waals surface area contributed by atoms with Crippen LogP contribution < -0.4 is 5.56 Å². The molecule has 0 aliphatic carbocycles. The van der Waals surface area contributed by atoms with Crippen molar-refractivity contribution in [1.82, 2.24) is 24.4 Å². The predicted octanol–water partition coefficient (Wildman–Crippen LogP) is 1.29. The van der Waals surface area contributed by atoms with E-state index >= 15 is 0 Å². The first kappa shape index (κ1) is 16.1. The predicted molar refractivity (Wildman–Crippen MR) is 95.1 cm³/mol. The molecule has 7 heteroatoms. The Morgan fingerprint density at radius 1 is 1.15 bits per heavy atom. The van der Waals surface area contributed by atoms with Crippen molar-refractivity contribution in [3.05, 3.63) is 76.9 Å². The van der Waals surface area contributed by atoms with Crippen molar-refractivity contribution in [2.75, 3.05) is 6.54 Å². The molecule has 0 saturated heterocycles. The molecule has 0 aromatic carbocycles. The molecule has 0 bridgehead atoms. The van der Waals surface area contributed by atoms with Crippen LogP contribution in [0.5, 0.6) is 0 Å². The summed E-state index contributed by atoms with van der Waals surface area (Å²) in [5.74, 6) is -0.0926. The lowest BCUT2D eigenvalue weighted by Gasteiger charge is -2.29. The van der Waals surface area contributed by atoms with Gasteiger partial charge in [0, 0.05) is 55.3 Å². The molecule has 1 amide bonds. The smallest absolute Gasteiger partial charge is 0.250 e. The van der Waals surface area contributed by atoms with Crippen LogP contribution in [-0.2, 0) is 24.3 Å². The Labute approximate surface area is 150 Å². The third-order valence-electron chi connectivity index (χ3n) is 4.49. The highest BCUT2D eigenvalue weighted by Crippen LogP contribution is 2.26. The van der Waals surface area contributed by atoms with Crippen molar-refractivity contribution in [1.29, 1.82) is 0 Å². The second kappa shape index (κ2) is 6.87. The summed E-state index contributed by atoms with van der Waals surface area (Å²) in [6.07, 6.45) is 7.32. The second-order valence-corrected chi connectivity index (χ2v) is 6.12. The number of hydrogen-bond donors (Lipinski definition) is 0. The molecule has 4 rings (SSSR count). The van der Waals surface area contributed by atoms with Crippen molar-refractivity contribution in [2.45, 2.75) is 19.5 Å². The summed E-state index contributed by atoms with van der Waals surface area (Å²) in [7, 11) is 0. The zero-order valence-corrected chi connectivity index (χ0v) is 14.1. The molecule has 26 heavy (non-hydrogen) atoms. The van der Waals surface area contributed by atoms with Crippen LogP contribution in [-0.4, -0.2) is 36.9 Å². The van der Waals surface area contributed by atoms with E-state index in [9.17, 15) is 9.59 Å². The largest absolute Gasteiger partial charge is 0.336 e. The van der Waals surface area contributed by atoms with E-state index in [1.165, 1.54) is 10.6 Å². The minimum Gasteiger partial charge on any atom is -0.336 e. The van der Waals surface area contributed by atoms with Gasteiger partial charge in [-0.15, -0.1) is 0 Å². The van der Waals surface area contributed by atoms with Gasteiger partial charge in [-0.3, -0.25) is 14.6 Å². The molecule has 4 heterocycles. The van der Waals surface area contributed by atoms with Crippen LogP contribution in [0.2, 0.25) is 0 Å². The quantitative estimate of drug-likeness (QED) is 0.713. The average Bonchev–Trinajstić information content (AvgIpc) is 2.69. The van der Waals surface area contributed by atoms with Crippen LogP contribution in [0.1, 0.15) is 11.3 Å². The van der Waals surface area contributed by atoms with Crippen LogP contribution >= 0.6 is 0 Å². The van der Waals surface area contributed by atoms with Gasteiger partial charge in [-0.05, 0) is 18.2 Å². The van der Waals surface area contributed by atoms with E-state index in [1.807, 2.05) is 12.1 Å². The summed E-state index contributed by atoms with van der Waals surface area (Å²) in [6, 6.07) is 8.66. The molecule has 0 spiro atoms. The lowest BCUT2D eigenvalue weighted by atomic mass is 10.0. The average molecular weight is 347 g/mol. The molecular formula is C19H17N5O2. The molecule has 0 radical (unpaired) electrons. The van der Waals surface area contributed by atoms with Gasteiger partial charge in [0.25, 0.3) is 5.56 Å². The standard InChI is InChI=1S/C19H17N5O2/c25-17-5-1-2-8-23(17)12-18(26)24-9-6-16-15(11-24)19(22-13-21-16)14-4-3-7-20-10-14/h1-5,7-8,10,13H,6,9,11-12H2. The van der Waals surface area contributed by atoms with Gasteiger partial charge in [0.05, 0.1) is 11.4 Å². The van der Waals surface area contributed by atoms with Crippen LogP contribution in [0.4, 0.5) is 0 Å². The summed E-state index contributed by atoms with van der Waals surface area (Å²) in [4.78, 5) is 39.2. The van der Waals surface area contributed by atoms with Gasteiger partial charge in [0.15, 0.2) is 0 Å². The summed E-state index contributed by atoms with van der Waals surface area (Å²) < 4.78 is 1.42. The Morgan fingerprint density at radius 2 is 2.08 bits per heavy atom. The number of carbonyl (C=O) groups excluding carboxylic acids is 1. The highest BCUT2D eigenvalue weighted by molar-refractivity contribution is 5.77. The molecule has 7 nitrogen and oxygen atoms in total. The Bertz CT molecular complexity index is 1000. The number of aromatic nitrogens is 4. The fourth-order valence-corrected chi connectivity index (χ4v) is 3.14. The van der Waals surface area contributed by atoms with Crippen LogP contribution in [0, 0.1) is 0 Å². The summed E-state index contributed by atoms with van der Waals surface area (Å²) >= 11 is 0. The molecule has 1 aliphatic heterocycles. The van der Waals surface area contributed by atoms with Crippen molar-refractivity contribution in [3.8, 4) is 11.3 Å². The number of hydrogen-bond acceptors (Lipinski definition) is 5. The summed E-state index contributed by atoms with van der Waals surface area (Å²) in [6.45, 7) is 1.04. The first-order valence-corrected chi connectivity index (χ1v) is 8.39. The maximum atomic E-state index is 12.7. The van der Waals surface area contributed by atoms with Gasteiger partial charge in [0.1, 0.15) is 12.9 Å². The maximum absolute atomic E-state index is 12.7. The second-order valence-electron chi connectivity index (χ2n) is 6.12. The highest BCUT2D eigenvalue weighted by Gasteiger charge is 2.25. The Hall–Kier alpha value is -3.35. The zero-order valence-electron chi connectivity index (χ0n) is 14.1. The molecule has 0 N–H and O–H groups in total. The van der Waals surface area contributed by atoms with Crippen molar-refractivity contribution in [2.24, 2.45) is 0 Å². The van der Waals surface area contributed by atoms with Gasteiger partial charge in [-0.2, -0.15) is 0 Å². The van der Waals surface area contributed by atoms with Crippen LogP contribution in [0.3, 0.4) is 0 Å². The Morgan fingerprint density at radius 3 is 2.88 bits per heavy atom. The number of fused-ring (bicyclic) bond motifs is 1. The molecule has 0 atom stereocenters. The highest BCUT2D eigenvalue weighted by atomic mass is 16.2. The van der Waals surface area contributed by atoms with E-state index in [1.54, 1.807) is 42.0 Å². The Balaban J connectivity index is 1.60. The van der Waals surface area contributed by atoms with E-state index < -0.39 is 0 Å². The number of amides is 1. The molecular weight excluding hydrogens is 330 g/mol. The molecule has 130 valence electrons. The SMILES string of the molecule is O=C(Cn1ccccc1=O)N1CCc2ncnc(-c3cccnc3)c2C1. The van der Waals surface area contributed by atoms with E-state index in [0.717, 1.165) is 22.5 Å². The van der Waals surface area contributed by atoms with E-state index in [-0.39, 0.29) is 18.0 Å². The van der Waals surface area contributed by atoms with E-state index in [2.05, 4.69) is 15.0 Å². The number of rotatable bonds is 3. The van der Waals surface area contributed by atoms with Gasteiger partial charge in [-0.1, -0.05) is 6.07 Å². The van der Waals surface area contributed by atoms with Crippen LogP contribution in [0.25, 0.3) is 11.3 Å².